The Morgan fingerprint density at radius 1 is 1.23 bits per heavy atom. The summed E-state index contributed by atoms with van der Waals surface area (Å²) in [6, 6.07) is 5.48. The summed E-state index contributed by atoms with van der Waals surface area (Å²) in [6.45, 7) is 1.40. The number of hydrogen-bond acceptors (Lipinski definition) is 4. The molecule has 1 aromatic carbocycles. The van der Waals surface area contributed by atoms with Crippen molar-refractivity contribution in [1.29, 1.82) is 0 Å². The van der Waals surface area contributed by atoms with E-state index in [0.717, 1.165) is 11.3 Å². The first-order valence-electron chi connectivity index (χ1n) is 6.33. The van der Waals surface area contributed by atoms with Gasteiger partial charge in [0.15, 0.2) is 5.78 Å². The van der Waals surface area contributed by atoms with Crippen molar-refractivity contribution in [3.8, 4) is 0 Å². The molecule has 1 atom stereocenters. The van der Waals surface area contributed by atoms with Crippen LogP contribution in [-0.4, -0.2) is 17.6 Å². The van der Waals surface area contributed by atoms with Crippen molar-refractivity contribution >= 4 is 28.9 Å². The zero-order valence-corrected chi connectivity index (χ0v) is 12.4. The topological polar surface area (TPSA) is 89.3 Å². The number of halogens is 1. The Balaban J connectivity index is 2.20. The van der Waals surface area contributed by atoms with Crippen molar-refractivity contribution in [1.82, 2.24) is 5.32 Å². The molecule has 0 bridgehead atoms. The van der Waals surface area contributed by atoms with Gasteiger partial charge in [0.05, 0.1) is 4.88 Å². The van der Waals surface area contributed by atoms with Crippen LogP contribution >= 0.6 is 11.3 Å². The minimum atomic E-state index is -1.07. The molecule has 114 valence electrons. The van der Waals surface area contributed by atoms with Crippen molar-refractivity contribution < 1.29 is 18.8 Å². The molecule has 0 unspecified atom stereocenters. The molecule has 0 radical (unpaired) electrons. The summed E-state index contributed by atoms with van der Waals surface area (Å²) in [5, 5.41) is 4.05. The second-order valence-corrected chi connectivity index (χ2v) is 5.53. The van der Waals surface area contributed by atoms with E-state index >= 15 is 0 Å². The lowest BCUT2D eigenvalue weighted by atomic mass is 10.1. The fourth-order valence-electron chi connectivity index (χ4n) is 1.82. The summed E-state index contributed by atoms with van der Waals surface area (Å²) >= 11 is 1.09. The van der Waals surface area contributed by atoms with Crippen LogP contribution in [0.1, 0.15) is 38.6 Å². The van der Waals surface area contributed by atoms with Gasteiger partial charge in [-0.1, -0.05) is 12.1 Å². The summed E-state index contributed by atoms with van der Waals surface area (Å²) in [4.78, 5) is 35.2. The third-order valence-electron chi connectivity index (χ3n) is 2.99. The third kappa shape index (κ3) is 3.56. The highest BCUT2D eigenvalue weighted by atomic mass is 32.1. The predicted octanol–water partition coefficient (Wildman–Crippen LogP) is 2.05. The number of nitrogens with two attached hydrogens (primary N) is 1. The van der Waals surface area contributed by atoms with Gasteiger partial charge in [-0.2, -0.15) is 0 Å². The lowest BCUT2D eigenvalue weighted by molar-refractivity contribution is -0.120. The monoisotopic (exact) mass is 320 g/mol. The number of rotatable bonds is 5. The van der Waals surface area contributed by atoms with Gasteiger partial charge in [-0.3, -0.25) is 14.4 Å². The molecule has 0 saturated carbocycles. The van der Waals surface area contributed by atoms with E-state index in [1.54, 1.807) is 5.38 Å². The molecule has 0 aliphatic rings. The SMILES string of the molecule is CC(=O)c1csc(C(=O)N[C@H](C(N)=O)c2ccc(F)cc2)c1. The van der Waals surface area contributed by atoms with Gasteiger partial charge in [0.25, 0.3) is 5.91 Å². The maximum atomic E-state index is 12.9. The second kappa shape index (κ2) is 6.48. The summed E-state index contributed by atoms with van der Waals surface area (Å²) in [5.41, 5.74) is 6.09. The van der Waals surface area contributed by atoms with Crippen molar-refractivity contribution in [2.75, 3.05) is 0 Å². The van der Waals surface area contributed by atoms with Crippen LogP contribution in [0.15, 0.2) is 35.7 Å². The fourth-order valence-corrected chi connectivity index (χ4v) is 2.67. The van der Waals surface area contributed by atoms with E-state index in [-0.39, 0.29) is 5.78 Å². The average Bonchev–Trinajstić information content (AvgIpc) is 2.95. The molecule has 0 aliphatic carbocycles. The number of hydrogen-bond donors (Lipinski definition) is 2. The van der Waals surface area contributed by atoms with Crippen LogP contribution < -0.4 is 11.1 Å². The number of carbonyl (C=O) groups excluding carboxylic acids is 3. The lowest BCUT2D eigenvalue weighted by Crippen LogP contribution is -2.37. The van der Waals surface area contributed by atoms with Gasteiger partial charge in [0, 0.05) is 10.9 Å². The molecular weight excluding hydrogens is 307 g/mol. The van der Waals surface area contributed by atoms with Crippen molar-refractivity contribution in [3.05, 3.63) is 57.5 Å². The first-order chi connectivity index (χ1) is 10.4. The maximum Gasteiger partial charge on any atom is 0.262 e. The summed E-state index contributed by atoms with van der Waals surface area (Å²) in [6.07, 6.45) is 0. The highest BCUT2D eigenvalue weighted by molar-refractivity contribution is 7.12. The molecule has 0 aliphatic heterocycles. The molecule has 0 fully saturated rings. The van der Waals surface area contributed by atoms with Crippen LogP contribution in [0.5, 0.6) is 0 Å². The van der Waals surface area contributed by atoms with Gasteiger partial charge in [-0.05, 0) is 30.7 Å². The number of carbonyl (C=O) groups is 3. The van der Waals surface area contributed by atoms with Gasteiger partial charge >= 0.3 is 0 Å². The van der Waals surface area contributed by atoms with Gasteiger partial charge in [0.1, 0.15) is 11.9 Å². The second-order valence-electron chi connectivity index (χ2n) is 4.62. The molecule has 2 amide bonds. The van der Waals surface area contributed by atoms with E-state index in [1.807, 2.05) is 0 Å². The van der Waals surface area contributed by atoms with Crippen LogP contribution in [0, 0.1) is 5.82 Å². The quantitative estimate of drug-likeness (QED) is 0.826. The minimum Gasteiger partial charge on any atom is -0.368 e. The highest BCUT2D eigenvalue weighted by Crippen LogP contribution is 2.18. The fraction of sp³-hybridized carbons (Fsp3) is 0.133. The average molecular weight is 320 g/mol. The van der Waals surface area contributed by atoms with Crippen LogP contribution in [0.3, 0.4) is 0 Å². The lowest BCUT2D eigenvalue weighted by Gasteiger charge is -2.15. The van der Waals surface area contributed by atoms with Gasteiger partial charge in [-0.25, -0.2) is 4.39 Å². The number of thiophene rings is 1. The van der Waals surface area contributed by atoms with Crippen molar-refractivity contribution in [2.24, 2.45) is 5.73 Å². The van der Waals surface area contributed by atoms with E-state index in [2.05, 4.69) is 5.32 Å². The molecule has 1 heterocycles. The molecule has 7 heteroatoms. The zero-order valence-electron chi connectivity index (χ0n) is 11.6. The standard InChI is InChI=1S/C15H13FN2O3S/c1-8(19)10-6-12(22-7-10)15(21)18-13(14(17)20)9-2-4-11(16)5-3-9/h2-7,13H,1H3,(H2,17,20)(H,18,21)/t13-/m0/s1. The van der Waals surface area contributed by atoms with E-state index in [1.165, 1.54) is 37.3 Å². The largest absolute Gasteiger partial charge is 0.368 e. The third-order valence-corrected chi connectivity index (χ3v) is 3.92. The first kappa shape index (κ1) is 15.8. The molecule has 1 aromatic heterocycles. The Morgan fingerprint density at radius 3 is 2.36 bits per heavy atom. The molecular formula is C15H13FN2O3S. The predicted molar refractivity (Wildman–Crippen MR) is 80.1 cm³/mol. The normalized spacial score (nSPS) is 11.7. The Labute approximate surface area is 129 Å². The Bertz CT molecular complexity index is 725. The summed E-state index contributed by atoms with van der Waals surface area (Å²) in [7, 11) is 0. The van der Waals surface area contributed by atoms with Gasteiger partial charge < -0.3 is 11.1 Å². The number of nitrogens with one attached hydrogen (secondary N) is 1. The van der Waals surface area contributed by atoms with Crippen molar-refractivity contribution in [2.45, 2.75) is 13.0 Å². The van der Waals surface area contributed by atoms with Gasteiger partial charge in [0.2, 0.25) is 5.91 Å². The van der Waals surface area contributed by atoms with Crippen LogP contribution in [0.2, 0.25) is 0 Å². The maximum absolute atomic E-state index is 12.9. The summed E-state index contributed by atoms with van der Waals surface area (Å²) < 4.78 is 12.9. The molecule has 2 aromatic rings. The van der Waals surface area contributed by atoms with Crippen molar-refractivity contribution in [3.63, 3.8) is 0 Å². The molecule has 22 heavy (non-hydrogen) atoms. The number of ketones is 1. The Kier molecular flexibility index (Phi) is 4.67. The van der Waals surface area contributed by atoms with E-state index < -0.39 is 23.7 Å². The highest BCUT2D eigenvalue weighted by Gasteiger charge is 2.22. The van der Waals surface area contributed by atoms with Crippen LogP contribution in [-0.2, 0) is 4.79 Å². The zero-order chi connectivity index (χ0) is 16.3. The molecule has 2 rings (SSSR count). The number of benzene rings is 1. The Morgan fingerprint density at radius 2 is 1.86 bits per heavy atom. The van der Waals surface area contributed by atoms with Crippen LogP contribution in [0.25, 0.3) is 0 Å². The number of amides is 2. The van der Waals surface area contributed by atoms with E-state index in [9.17, 15) is 18.8 Å². The van der Waals surface area contributed by atoms with E-state index in [0.29, 0.717) is 16.0 Å². The molecule has 0 spiro atoms. The molecule has 0 saturated heterocycles. The molecule has 3 N–H and O–H groups in total. The first-order valence-corrected chi connectivity index (χ1v) is 7.21. The van der Waals surface area contributed by atoms with E-state index in [4.69, 9.17) is 5.73 Å². The smallest absolute Gasteiger partial charge is 0.262 e. The Hall–Kier alpha value is -2.54. The number of primary amides is 1. The molecule has 5 nitrogen and oxygen atoms in total. The number of Topliss-reactive ketones (excluding diaryl/α,β-unsaturated/α-hetero) is 1. The van der Waals surface area contributed by atoms with Gasteiger partial charge in [-0.15, -0.1) is 11.3 Å². The summed E-state index contributed by atoms with van der Waals surface area (Å²) in [5.74, 6) is -1.89. The minimum absolute atomic E-state index is 0.153. The van der Waals surface area contributed by atoms with Crippen LogP contribution in [0.4, 0.5) is 4.39 Å².